The van der Waals surface area contributed by atoms with Crippen molar-refractivity contribution in [3.05, 3.63) is 11.8 Å². The van der Waals surface area contributed by atoms with Gasteiger partial charge in [0.05, 0.1) is 0 Å². The summed E-state index contributed by atoms with van der Waals surface area (Å²) in [4.78, 5) is 8.69. The van der Waals surface area contributed by atoms with Crippen molar-refractivity contribution in [3.63, 3.8) is 0 Å². The number of nitrogens with one attached hydrogen (secondary N) is 2. The quantitative estimate of drug-likeness (QED) is 0.821. The second-order valence-corrected chi connectivity index (χ2v) is 4.73. The van der Waals surface area contributed by atoms with Crippen molar-refractivity contribution in [2.75, 3.05) is 17.7 Å². The maximum absolute atomic E-state index is 4.41. The Labute approximate surface area is 96.9 Å². The minimum atomic E-state index is 0.578. The van der Waals surface area contributed by atoms with E-state index in [4.69, 9.17) is 0 Å². The molecule has 2 rings (SSSR count). The van der Waals surface area contributed by atoms with Gasteiger partial charge in [-0.25, -0.2) is 4.98 Å². The highest BCUT2D eigenvalue weighted by Gasteiger charge is 2.21. The summed E-state index contributed by atoms with van der Waals surface area (Å²) < 4.78 is 0. The number of aryl methyl sites for hydroxylation is 1. The molecule has 1 aromatic heterocycles. The molecular formula is C12H20N4. The van der Waals surface area contributed by atoms with Crippen LogP contribution in [0.2, 0.25) is 0 Å². The number of nitrogens with zero attached hydrogens (tertiary/aromatic N) is 2. The number of rotatable bonds is 3. The largest absolute Gasteiger partial charge is 0.367 e. The fraction of sp³-hybridized carbons (Fsp3) is 0.667. The minimum absolute atomic E-state index is 0.578. The molecule has 88 valence electrons. The van der Waals surface area contributed by atoms with Gasteiger partial charge in [-0.15, -0.1) is 0 Å². The summed E-state index contributed by atoms with van der Waals surface area (Å²) in [5.41, 5.74) is 0.993. The van der Waals surface area contributed by atoms with Gasteiger partial charge in [0.1, 0.15) is 5.82 Å². The third-order valence-electron chi connectivity index (χ3n) is 3.12. The Kier molecular flexibility index (Phi) is 3.27. The predicted octanol–water partition coefficient (Wildman–Crippen LogP) is 2.43. The topological polar surface area (TPSA) is 49.8 Å². The monoisotopic (exact) mass is 220 g/mol. The lowest BCUT2D eigenvalue weighted by Crippen LogP contribution is -2.17. The second-order valence-electron chi connectivity index (χ2n) is 4.73. The highest BCUT2D eigenvalue weighted by Crippen LogP contribution is 2.27. The maximum atomic E-state index is 4.41. The summed E-state index contributed by atoms with van der Waals surface area (Å²) in [6.07, 6.45) is 3.82. The van der Waals surface area contributed by atoms with Crippen molar-refractivity contribution in [2.24, 2.45) is 5.92 Å². The van der Waals surface area contributed by atoms with Crippen LogP contribution in [0.4, 0.5) is 11.8 Å². The zero-order valence-corrected chi connectivity index (χ0v) is 10.2. The Morgan fingerprint density at radius 2 is 2.12 bits per heavy atom. The van der Waals surface area contributed by atoms with E-state index in [0.29, 0.717) is 12.0 Å². The van der Waals surface area contributed by atoms with E-state index in [9.17, 15) is 0 Å². The molecular weight excluding hydrogens is 200 g/mol. The van der Waals surface area contributed by atoms with Crippen molar-refractivity contribution < 1.29 is 0 Å². The summed E-state index contributed by atoms with van der Waals surface area (Å²) in [6.45, 7) is 4.30. The first-order valence-electron chi connectivity index (χ1n) is 5.97. The molecule has 4 heteroatoms. The molecule has 4 nitrogen and oxygen atoms in total. The van der Waals surface area contributed by atoms with E-state index < -0.39 is 0 Å². The Morgan fingerprint density at radius 1 is 1.31 bits per heavy atom. The molecule has 1 fully saturated rings. The van der Waals surface area contributed by atoms with E-state index in [1.807, 2.05) is 20.0 Å². The van der Waals surface area contributed by atoms with Crippen molar-refractivity contribution in [2.45, 2.75) is 39.2 Å². The van der Waals surface area contributed by atoms with Crippen LogP contribution in [0.5, 0.6) is 0 Å². The lowest BCUT2D eigenvalue weighted by Gasteiger charge is -2.14. The van der Waals surface area contributed by atoms with E-state index in [-0.39, 0.29) is 0 Å². The molecule has 0 amide bonds. The van der Waals surface area contributed by atoms with Crippen LogP contribution in [0, 0.1) is 12.8 Å². The van der Waals surface area contributed by atoms with Crippen LogP contribution in [-0.2, 0) is 0 Å². The Bertz CT molecular complexity index is 364. The fourth-order valence-corrected chi connectivity index (χ4v) is 2.30. The first kappa shape index (κ1) is 11.2. The molecule has 2 N–H and O–H groups in total. The molecule has 1 heterocycles. The second kappa shape index (κ2) is 4.68. The number of anilines is 2. The number of hydrogen-bond acceptors (Lipinski definition) is 4. The smallest absolute Gasteiger partial charge is 0.224 e. The van der Waals surface area contributed by atoms with Crippen LogP contribution < -0.4 is 10.6 Å². The molecule has 0 aromatic carbocycles. The molecule has 16 heavy (non-hydrogen) atoms. The molecule has 0 radical (unpaired) electrons. The van der Waals surface area contributed by atoms with Crippen molar-refractivity contribution in [3.8, 4) is 0 Å². The molecule has 0 saturated heterocycles. The molecule has 1 aliphatic carbocycles. The van der Waals surface area contributed by atoms with Gasteiger partial charge < -0.3 is 10.6 Å². The third kappa shape index (κ3) is 2.62. The zero-order valence-electron chi connectivity index (χ0n) is 10.2. The third-order valence-corrected chi connectivity index (χ3v) is 3.12. The summed E-state index contributed by atoms with van der Waals surface area (Å²) in [5, 5.41) is 6.48. The van der Waals surface area contributed by atoms with Crippen LogP contribution in [0.1, 0.15) is 31.9 Å². The van der Waals surface area contributed by atoms with Crippen LogP contribution in [-0.4, -0.2) is 23.1 Å². The van der Waals surface area contributed by atoms with Gasteiger partial charge in [-0.3, -0.25) is 0 Å². The zero-order chi connectivity index (χ0) is 11.5. The van der Waals surface area contributed by atoms with Crippen molar-refractivity contribution >= 4 is 11.8 Å². The summed E-state index contributed by atoms with van der Waals surface area (Å²) in [7, 11) is 1.84. The summed E-state index contributed by atoms with van der Waals surface area (Å²) in [5.74, 6) is 2.47. The molecule has 2 atom stereocenters. The van der Waals surface area contributed by atoms with E-state index in [0.717, 1.165) is 17.4 Å². The van der Waals surface area contributed by atoms with Gasteiger partial charge in [0.2, 0.25) is 5.95 Å². The highest BCUT2D eigenvalue weighted by atomic mass is 15.1. The van der Waals surface area contributed by atoms with Gasteiger partial charge in [0.15, 0.2) is 0 Å². The lowest BCUT2D eigenvalue weighted by molar-refractivity contribution is 0.602. The average Bonchev–Trinajstić information content (AvgIpc) is 2.63. The lowest BCUT2D eigenvalue weighted by atomic mass is 10.1. The van der Waals surface area contributed by atoms with Gasteiger partial charge in [-0.2, -0.15) is 4.98 Å². The standard InChI is InChI=1S/C12H20N4/c1-8-4-5-10(6-8)15-11-7-9(2)14-12(13-3)16-11/h7-8,10H,4-6H2,1-3H3,(H2,13,14,15,16). The van der Waals surface area contributed by atoms with Crippen LogP contribution in [0.25, 0.3) is 0 Å². The van der Waals surface area contributed by atoms with Crippen molar-refractivity contribution in [1.29, 1.82) is 0 Å². The van der Waals surface area contributed by atoms with Gasteiger partial charge in [0.25, 0.3) is 0 Å². The van der Waals surface area contributed by atoms with Gasteiger partial charge in [0, 0.05) is 24.8 Å². The number of hydrogen-bond donors (Lipinski definition) is 2. The Morgan fingerprint density at radius 3 is 2.75 bits per heavy atom. The van der Waals surface area contributed by atoms with E-state index in [2.05, 4.69) is 27.5 Å². The Balaban J connectivity index is 2.06. The molecule has 2 unspecified atom stereocenters. The molecule has 1 aliphatic rings. The minimum Gasteiger partial charge on any atom is -0.367 e. The predicted molar refractivity (Wildman–Crippen MR) is 66.7 cm³/mol. The molecule has 0 spiro atoms. The van der Waals surface area contributed by atoms with Gasteiger partial charge in [-0.05, 0) is 32.1 Å². The van der Waals surface area contributed by atoms with Crippen molar-refractivity contribution in [1.82, 2.24) is 9.97 Å². The molecule has 1 aromatic rings. The normalized spacial score (nSPS) is 24.4. The highest BCUT2D eigenvalue weighted by molar-refractivity contribution is 5.42. The van der Waals surface area contributed by atoms with Gasteiger partial charge in [-0.1, -0.05) is 6.92 Å². The summed E-state index contributed by atoms with van der Waals surface area (Å²) in [6, 6.07) is 2.58. The SMILES string of the molecule is CNc1nc(C)cc(NC2CCC(C)C2)n1. The van der Waals surface area contributed by atoms with E-state index in [1.165, 1.54) is 19.3 Å². The first-order chi connectivity index (χ1) is 7.67. The number of aromatic nitrogens is 2. The van der Waals surface area contributed by atoms with Crippen LogP contribution in [0.3, 0.4) is 0 Å². The van der Waals surface area contributed by atoms with Crippen LogP contribution in [0.15, 0.2) is 6.07 Å². The average molecular weight is 220 g/mol. The maximum Gasteiger partial charge on any atom is 0.224 e. The Hall–Kier alpha value is -1.32. The van der Waals surface area contributed by atoms with E-state index in [1.54, 1.807) is 0 Å². The first-order valence-corrected chi connectivity index (χ1v) is 5.97. The molecule has 1 saturated carbocycles. The van der Waals surface area contributed by atoms with Crippen LogP contribution >= 0.6 is 0 Å². The molecule has 0 aliphatic heterocycles. The van der Waals surface area contributed by atoms with E-state index >= 15 is 0 Å². The van der Waals surface area contributed by atoms with Gasteiger partial charge >= 0.3 is 0 Å². The molecule has 0 bridgehead atoms. The fourth-order valence-electron chi connectivity index (χ4n) is 2.30. The summed E-state index contributed by atoms with van der Waals surface area (Å²) >= 11 is 0.